The van der Waals surface area contributed by atoms with Gasteiger partial charge in [-0.2, -0.15) is 28.0 Å². The first-order chi connectivity index (χ1) is 24.3. The van der Waals surface area contributed by atoms with Crippen molar-refractivity contribution in [3.05, 3.63) is 144 Å². The van der Waals surface area contributed by atoms with E-state index < -0.39 is 0 Å². The van der Waals surface area contributed by atoms with Gasteiger partial charge in [0.1, 0.15) is 0 Å². The topological polar surface area (TPSA) is 87.8 Å². The predicted molar refractivity (Wildman–Crippen MR) is 193 cm³/mol. The molecule has 8 aromatic rings. The average Bonchev–Trinajstić information content (AvgIpc) is 3.41. The van der Waals surface area contributed by atoms with Crippen molar-refractivity contribution < 1.29 is 51.0 Å². The number of aryl methyl sites for hydroxylation is 5. The number of rotatable bonds is 7. The maximum atomic E-state index is 6.38. The maximum absolute atomic E-state index is 6.38. The molecule has 0 N–H and O–H groups in total. The maximum Gasteiger partial charge on any atom is 2.00 e. The first-order valence-corrected chi connectivity index (χ1v) is 16.1. The summed E-state index contributed by atoms with van der Waals surface area (Å²) in [6.45, 7) is 9.99. The number of ether oxygens (including phenoxy) is 2. The SMILES string of the molecule is Cc1cc(Oc2[c-]c3c(cc2)c2ccc(Oc4[c-]c(-c5cc(C)ccn5)cc(C)c4)[c-]c2n3-c2ncc(C)nn2)[c-]c(-c2cc(C)ccn2)c1.[Pd+2].[Pt+2]. The molecule has 0 unspecified atom stereocenters. The van der Waals surface area contributed by atoms with Crippen molar-refractivity contribution in [2.75, 3.05) is 0 Å². The Morgan fingerprint density at radius 3 is 1.46 bits per heavy atom. The second-order valence-electron chi connectivity index (χ2n) is 12.4. The van der Waals surface area contributed by atoms with Crippen molar-refractivity contribution in [3.63, 3.8) is 0 Å². The van der Waals surface area contributed by atoms with E-state index in [-0.39, 0.29) is 41.5 Å². The molecular weight excluding hydrogens is 922 g/mol. The van der Waals surface area contributed by atoms with Crippen molar-refractivity contribution >= 4 is 21.8 Å². The predicted octanol–water partition coefficient (Wildman–Crippen LogP) is 9.42. The molecule has 0 bridgehead atoms. The van der Waals surface area contributed by atoms with E-state index in [1.165, 1.54) is 0 Å². The zero-order valence-electron chi connectivity index (χ0n) is 28.8. The monoisotopic (exact) mass is 951 g/mol. The second-order valence-corrected chi connectivity index (χ2v) is 12.4. The van der Waals surface area contributed by atoms with Crippen LogP contribution in [0.25, 0.3) is 50.3 Å². The van der Waals surface area contributed by atoms with Crippen LogP contribution in [-0.4, -0.2) is 29.7 Å². The molecule has 4 aromatic heterocycles. The molecule has 260 valence electrons. The van der Waals surface area contributed by atoms with Crippen molar-refractivity contribution in [3.8, 4) is 51.5 Å². The standard InChI is InChI=1S/C42H30N6O2.Pd.Pt/c1-25-10-12-43-38(18-25)30-14-27(3)16-34(20-30)49-32-6-8-36-37-9-7-33(23-41(37)48(40(36)22-32)42-45-24-29(5)46-47-42)50-35-17-28(4)15-31(21-35)39-19-26(2)11-13-44-39;;/h6-19,24H,1-5H3;;/q-4;2*+2. The molecule has 8 rings (SSSR count). The molecule has 0 saturated carbocycles. The molecule has 0 amide bonds. The number of aromatic nitrogens is 6. The molecule has 0 spiro atoms. The summed E-state index contributed by atoms with van der Waals surface area (Å²) < 4.78 is 14.6. The number of benzene rings is 4. The third kappa shape index (κ3) is 7.59. The normalized spacial score (nSPS) is 10.9. The van der Waals surface area contributed by atoms with E-state index >= 15 is 0 Å². The molecule has 0 fully saturated rings. The van der Waals surface area contributed by atoms with Crippen LogP contribution in [0.5, 0.6) is 23.0 Å². The molecule has 0 atom stereocenters. The largest absolute Gasteiger partial charge is 2.00 e. The summed E-state index contributed by atoms with van der Waals surface area (Å²) in [5, 5.41) is 10.6. The fraction of sp³-hybridized carbons (Fsp3) is 0.119. The van der Waals surface area contributed by atoms with Crippen LogP contribution in [0.3, 0.4) is 0 Å². The molecule has 0 saturated heterocycles. The Balaban J connectivity index is 0.00000232. The Kier molecular flexibility index (Phi) is 10.8. The molecule has 10 heteroatoms. The van der Waals surface area contributed by atoms with Gasteiger partial charge >= 0.3 is 41.5 Å². The zero-order chi connectivity index (χ0) is 34.4. The molecule has 0 aliphatic heterocycles. The summed E-state index contributed by atoms with van der Waals surface area (Å²) in [5.41, 5.74) is 9.81. The van der Waals surface area contributed by atoms with Crippen molar-refractivity contribution in [1.82, 2.24) is 29.7 Å². The first kappa shape index (κ1) is 36.7. The summed E-state index contributed by atoms with van der Waals surface area (Å²) >= 11 is 0. The number of hydrogen-bond acceptors (Lipinski definition) is 7. The Labute approximate surface area is 330 Å². The Morgan fingerprint density at radius 1 is 0.519 bits per heavy atom. The van der Waals surface area contributed by atoms with Gasteiger partial charge in [-0.1, -0.05) is 72.4 Å². The van der Waals surface area contributed by atoms with Crippen molar-refractivity contribution in [1.29, 1.82) is 0 Å². The summed E-state index contributed by atoms with van der Waals surface area (Å²) in [5.74, 6) is 2.52. The number of nitrogens with zero attached hydrogens (tertiary/aromatic N) is 6. The van der Waals surface area contributed by atoms with E-state index in [1.54, 1.807) is 18.6 Å². The molecule has 8 nitrogen and oxygen atoms in total. The second kappa shape index (κ2) is 15.3. The van der Waals surface area contributed by atoms with Crippen molar-refractivity contribution in [2.45, 2.75) is 34.6 Å². The molecule has 4 heterocycles. The fourth-order valence-corrected chi connectivity index (χ4v) is 5.93. The third-order valence-electron chi connectivity index (χ3n) is 8.20. The van der Waals surface area contributed by atoms with Crippen LogP contribution in [0.2, 0.25) is 0 Å². The minimum Gasteiger partial charge on any atom is -0.503 e. The van der Waals surface area contributed by atoms with Crippen LogP contribution < -0.4 is 9.47 Å². The first-order valence-electron chi connectivity index (χ1n) is 16.1. The van der Waals surface area contributed by atoms with Crippen LogP contribution in [0.4, 0.5) is 0 Å². The van der Waals surface area contributed by atoms with Gasteiger partial charge in [0.05, 0.1) is 11.9 Å². The minimum atomic E-state index is 0. The van der Waals surface area contributed by atoms with Crippen molar-refractivity contribution in [2.24, 2.45) is 0 Å². The van der Waals surface area contributed by atoms with Gasteiger partial charge in [0.15, 0.2) is 0 Å². The van der Waals surface area contributed by atoms with E-state index in [0.717, 1.165) is 55.5 Å². The van der Waals surface area contributed by atoms with Gasteiger partial charge in [-0.05, 0) is 44.3 Å². The van der Waals surface area contributed by atoms with E-state index in [9.17, 15) is 0 Å². The molecule has 0 aliphatic rings. The van der Waals surface area contributed by atoms with Crippen LogP contribution in [0.1, 0.15) is 27.9 Å². The number of hydrogen-bond donors (Lipinski definition) is 0. The van der Waals surface area contributed by atoms with Crippen LogP contribution in [0.15, 0.2) is 91.4 Å². The summed E-state index contributed by atoms with van der Waals surface area (Å²) in [4.78, 5) is 13.7. The summed E-state index contributed by atoms with van der Waals surface area (Å²) in [7, 11) is 0. The molecule has 0 radical (unpaired) electrons. The summed E-state index contributed by atoms with van der Waals surface area (Å²) in [6.07, 6.45) is 5.29. The smallest absolute Gasteiger partial charge is 0.503 e. The number of pyridine rings is 2. The van der Waals surface area contributed by atoms with E-state index in [0.29, 0.717) is 45.7 Å². The van der Waals surface area contributed by atoms with Gasteiger partial charge in [0, 0.05) is 35.4 Å². The summed E-state index contributed by atoms with van der Waals surface area (Å²) in [6, 6.07) is 37.5. The quantitative estimate of drug-likeness (QED) is 0.116. The van der Waals surface area contributed by atoms with E-state index in [2.05, 4.69) is 49.4 Å². The van der Waals surface area contributed by atoms with Gasteiger partial charge in [0.2, 0.25) is 0 Å². The average molecular weight is 952 g/mol. The van der Waals surface area contributed by atoms with Crippen LogP contribution in [-0.2, 0) is 41.5 Å². The molecule has 0 aliphatic carbocycles. The molecule has 4 aromatic carbocycles. The van der Waals surface area contributed by atoms with E-state index in [1.807, 2.05) is 112 Å². The van der Waals surface area contributed by atoms with Gasteiger partial charge < -0.3 is 24.0 Å². The minimum absolute atomic E-state index is 0. The van der Waals surface area contributed by atoms with Crippen LogP contribution >= 0.6 is 0 Å². The third-order valence-corrected chi connectivity index (χ3v) is 8.20. The van der Waals surface area contributed by atoms with E-state index in [4.69, 9.17) is 9.47 Å². The van der Waals surface area contributed by atoms with Crippen LogP contribution in [0, 0.1) is 58.9 Å². The molecule has 52 heavy (non-hydrogen) atoms. The van der Waals surface area contributed by atoms with Gasteiger partial charge in [-0.15, -0.1) is 63.8 Å². The zero-order valence-corrected chi connectivity index (χ0v) is 32.6. The van der Waals surface area contributed by atoms with Gasteiger partial charge in [0.25, 0.3) is 5.95 Å². The Hall–Kier alpha value is -5.06. The number of fused-ring (bicyclic) bond motifs is 3. The van der Waals surface area contributed by atoms with Gasteiger partial charge in [-0.3, -0.25) is 0 Å². The molecular formula is C42H30N6O2PdPt. The Morgan fingerprint density at radius 2 is 1.02 bits per heavy atom. The fourth-order valence-electron chi connectivity index (χ4n) is 5.93. The van der Waals surface area contributed by atoms with Gasteiger partial charge in [-0.25, -0.2) is 4.98 Å². The Bertz CT molecular complexity index is 2420.